The van der Waals surface area contributed by atoms with Crippen LogP contribution in [0.4, 0.5) is 0 Å². The molecule has 8 aromatic carbocycles. The molecule has 0 spiro atoms. The number of para-hydroxylation sites is 1. The quantitative estimate of drug-likeness (QED) is 0.176. The molecule has 3 aromatic heterocycles. The van der Waals surface area contributed by atoms with E-state index in [1.54, 1.807) is 11.3 Å². The first-order valence-electron chi connectivity index (χ1n) is 16.3. The average Bonchev–Trinajstić information content (AvgIpc) is 3.72. The number of thiazole rings is 1. The number of benzene rings is 8. The minimum Gasteiger partial charge on any atom is -0.456 e. The van der Waals surface area contributed by atoms with Gasteiger partial charge in [-0.15, -0.1) is 0 Å². The highest BCUT2D eigenvalue weighted by Crippen LogP contribution is 2.42. The summed E-state index contributed by atoms with van der Waals surface area (Å²) in [7, 11) is 0. The number of hydrogen-bond acceptors (Lipinski definition) is 4. The van der Waals surface area contributed by atoms with Crippen LogP contribution in [0.2, 0.25) is 0 Å². The van der Waals surface area contributed by atoms with Crippen LogP contribution in [0.15, 0.2) is 155 Å². The summed E-state index contributed by atoms with van der Waals surface area (Å²) in [6, 6.07) is 51.3. The van der Waals surface area contributed by atoms with Gasteiger partial charge in [-0.2, -0.15) is 4.98 Å². The Morgan fingerprint density at radius 1 is 0.490 bits per heavy atom. The van der Waals surface area contributed by atoms with Gasteiger partial charge >= 0.3 is 0 Å². The predicted molar refractivity (Wildman–Crippen MR) is 205 cm³/mol. The van der Waals surface area contributed by atoms with Gasteiger partial charge in [0.05, 0.1) is 21.1 Å². The van der Waals surface area contributed by atoms with Crippen molar-refractivity contribution < 1.29 is 4.42 Å². The lowest BCUT2D eigenvalue weighted by Crippen LogP contribution is -2.08. The SMILES string of the molecule is O=c1nc2sc3cc(-c4cccc5oc6ccc(-c7ccc8c9ccccc9c9ccccc9c8c7)cc6c45)ccc3n2c2ccccc12. The second-order valence-corrected chi connectivity index (χ2v) is 13.7. The summed E-state index contributed by atoms with van der Waals surface area (Å²) in [5.74, 6) is 0. The molecule has 11 rings (SSSR count). The number of hydrogen-bond donors (Lipinski definition) is 0. The van der Waals surface area contributed by atoms with E-state index in [2.05, 4.69) is 125 Å². The number of fused-ring (bicyclic) bond motifs is 14. The predicted octanol–water partition coefficient (Wildman–Crippen LogP) is 11.8. The zero-order chi connectivity index (χ0) is 32.2. The maximum absolute atomic E-state index is 12.8. The molecule has 0 amide bonds. The fourth-order valence-corrected chi connectivity index (χ4v) is 8.89. The molecular weight excluding hydrogens is 621 g/mol. The van der Waals surface area contributed by atoms with Crippen molar-refractivity contribution in [1.29, 1.82) is 0 Å². The Kier molecular flexibility index (Phi) is 5.38. The summed E-state index contributed by atoms with van der Waals surface area (Å²) in [5, 5.41) is 10.4. The van der Waals surface area contributed by atoms with Crippen molar-refractivity contribution in [3.05, 3.63) is 156 Å². The molecule has 0 aliphatic rings. The van der Waals surface area contributed by atoms with Crippen LogP contribution in [0.3, 0.4) is 0 Å². The number of furan rings is 1. The molecule has 0 bridgehead atoms. The van der Waals surface area contributed by atoms with Crippen molar-refractivity contribution in [3.8, 4) is 22.3 Å². The van der Waals surface area contributed by atoms with E-state index < -0.39 is 0 Å². The minimum atomic E-state index is -0.194. The van der Waals surface area contributed by atoms with E-state index >= 15 is 0 Å². The molecule has 0 aliphatic heterocycles. The normalized spacial score (nSPS) is 12.2. The molecular formula is C44H24N2O2S. The highest BCUT2D eigenvalue weighted by Gasteiger charge is 2.17. The van der Waals surface area contributed by atoms with Crippen molar-refractivity contribution in [2.24, 2.45) is 0 Å². The molecule has 0 N–H and O–H groups in total. The second-order valence-electron chi connectivity index (χ2n) is 12.7. The van der Waals surface area contributed by atoms with Crippen LogP contribution in [0, 0.1) is 0 Å². The Labute approximate surface area is 282 Å². The summed E-state index contributed by atoms with van der Waals surface area (Å²) >= 11 is 1.54. The largest absolute Gasteiger partial charge is 0.456 e. The number of aromatic nitrogens is 2. The topological polar surface area (TPSA) is 47.5 Å². The summed E-state index contributed by atoms with van der Waals surface area (Å²) < 4.78 is 9.60. The summed E-state index contributed by atoms with van der Waals surface area (Å²) in [6.45, 7) is 0. The summed E-state index contributed by atoms with van der Waals surface area (Å²) in [5.41, 5.74) is 7.95. The monoisotopic (exact) mass is 644 g/mol. The third-order valence-electron chi connectivity index (χ3n) is 10.0. The lowest BCUT2D eigenvalue weighted by molar-refractivity contribution is 0.669. The molecule has 228 valence electrons. The fraction of sp³-hybridized carbons (Fsp3) is 0. The van der Waals surface area contributed by atoms with Gasteiger partial charge in [-0.3, -0.25) is 9.20 Å². The Morgan fingerprint density at radius 3 is 1.90 bits per heavy atom. The van der Waals surface area contributed by atoms with Gasteiger partial charge in [-0.05, 0) is 103 Å². The molecule has 0 radical (unpaired) electrons. The van der Waals surface area contributed by atoms with Gasteiger partial charge in [-0.1, -0.05) is 108 Å². The molecule has 3 heterocycles. The van der Waals surface area contributed by atoms with Crippen LogP contribution < -0.4 is 5.56 Å². The van der Waals surface area contributed by atoms with Gasteiger partial charge < -0.3 is 4.42 Å². The van der Waals surface area contributed by atoms with Gasteiger partial charge in [-0.25, -0.2) is 0 Å². The van der Waals surface area contributed by atoms with E-state index in [1.807, 2.05) is 30.3 Å². The van der Waals surface area contributed by atoms with E-state index in [1.165, 1.54) is 37.9 Å². The van der Waals surface area contributed by atoms with Crippen molar-refractivity contribution in [1.82, 2.24) is 9.38 Å². The molecule has 0 saturated heterocycles. The van der Waals surface area contributed by atoms with E-state index in [0.29, 0.717) is 10.3 Å². The maximum atomic E-state index is 12.8. The zero-order valence-electron chi connectivity index (χ0n) is 26.0. The first-order chi connectivity index (χ1) is 24.2. The van der Waals surface area contributed by atoms with Gasteiger partial charge in [0.2, 0.25) is 0 Å². The molecule has 0 aliphatic carbocycles. The molecule has 0 saturated carbocycles. The van der Waals surface area contributed by atoms with Crippen LogP contribution in [-0.4, -0.2) is 9.38 Å². The smallest absolute Gasteiger partial charge is 0.281 e. The van der Waals surface area contributed by atoms with Crippen LogP contribution >= 0.6 is 11.3 Å². The summed E-state index contributed by atoms with van der Waals surface area (Å²) in [6.07, 6.45) is 0. The van der Waals surface area contributed by atoms with E-state index in [-0.39, 0.29) is 5.56 Å². The van der Waals surface area contributed by atoms with E-state index in [4.69, 9.17) is 4.42 Å². The highest BCUT2D eigenvalue weighted by atomic mass is 32.1. The summed E-state index contributed by atoms with van der Waals surface area (Å²) in [4.78, 5) is 17.9. The number of rotatable bonds is 2. The fourth-order valence-electron chi connectivity index (χ4n) is 7.83. The van der Waals surface area contributed by atoms with Crippen LogP contribution in [-0.2, 0) is 0 Å². The maximum Gasteiger partial charge on any atom is 0.281 e. The van der Waals surface area contributed by atoms with Gasteiger partial charge in [0.25, 0.3) is 5.56 Å². The van der Waals surface area contributed by atoms with Gasteiger partial charge in [0.1, 0.15) is 11.2 Å². The second kappa shape index (κ2) is 9.86. The van der Waals surface area contributed by atoms with Gasteiger partial charge in [0, 0.05) is 10.8 Å². The first-order valence-corrected chi connectivity index (χ1v) is 17.1. The zero-order valence-corrected chi connectivity index (χ0v) is 26.8. The van der Waals surface area contributed by atoms with Crippen molar-refractivity contribution in [2.75, 3.05) is 0 Å². The Morgan fingerprint density at radius 2 is 1.12 bits per heavy atom. The van der Waals surface area contributed by atoms with E-state index in [9.17, 15) is 4.79 Å². The Balaban J connectivity index is 1.11. The molecule has 49 heavy (non-hydrogen) atoms. The average molecular weight is 645 g/mol. The molecule has 0 atom stereocenters. The van der Waals surface area contributed by atoms with Crippen molar-refractivity contribution in [3.63, 3.8) is 0 Å². The molecule has 5 heteroatoms. The van der Waals surface area contributed by atoms with Crippen LogP contribution in [0.25, 0.3) is 103 Å². The lowest BCUT2D eigenvalue weighted by Gasteiger charge is -2.12. The van der Waals surface area contributed by atoms with Crippen LogP contribution in [0.1, 0.15) is 0 Å². The van der Waals surface area contributed by atoms with Crippen molar-refractivity contribution in [2.45, 2.75) is 0 Å². The molecule has 4 nitrogen and oxygen atoms in total. The molecule has 0 fully saturated rings. The highest BCUT2D eigenvalue weighted by molar-refractivity contribution is 7.23. The Bertz CT molecular complexity index is 3220. The number of nitrogens with zero attached hydrogens (tertiary/aromatic N) is 2. The Hall–Kier alpha value is -6.30. The minimum absolute atomic E-state index is 0.194. The van der Waals surface area contributed by atoms with Gasteiger partial charge in [0.15, 0.2) is 4.96 Å². The molecule has 0 unspecified atom stereocenters. The third-order valence-corrected chi connectivity index (χ3v) is 11.1. The first kappa shape index (κ1) is 26.7. The third kappa shape index (κ3) is 3.79. The van der Waals surface area contributed by atoms with Crippen LogP contribution in [0.5, 0.6) is 0 Å². The van der Waals surface area contributed by atoms with Crippen molar-refractivity contribution >= 4 is 91.7 Å². The standard InChI is InChI=1S/C44H24N2O2S/c47-43-34-12-5-6-14-37(34)46-38-20-17-27(24-41(38)49-44(46)45-43)28-13-7-15-40-42(28)36-23-26(18-21-39(36)48-40)25-16-19-33-31-10-2-1-8-29(31)30-9-3-4-11-32(30)35(33)22-25/h1-24H. The lowest BCUT2D eigenvalue weighted by atomic mass is 9.91. The van der Waals surface area contributed by atoms with E-state index in [0.717, 1.165) is 54.4 Å². The molecule has 11 aromatic rings.